The van der Waals surface area contributed by atoms with Gasteiger partial charge in [0.05, 0.1) is 0 Å². The molecule has 0 rings (SSSR count). The molecule has 0 aliphatic rings. The van der Waals surface area contributed by atoms with Crippen molar-refractivity contribution in [2.45, 2.75) is 19.8 Å². The molecule has 0 saturated carbocycles. The van der Waals surface area contributed by atoms with E-state index in [1.807, 2.05) is 0 Å². The van der Waals surface area contributed by atoms with Gasteiger partial charge in [-0.25, -0.2) is 0 Å². The van der Waals surface area contributed by atoms with Crippen molar-refractivity contribution in [3.63, 3.8) is 0 Å². The summed E-state index contributed by atoms with van der Waals surface area (Å²) < 4.78 is 0. The summed E-state index contributed by atoms with van der Waals surface area (Å²) in [5.74, 6) is 0.0329. The zero-order chi connectivity index (χ0) is 7.98. The fraction of sp³-hybridized carbons (Fsp3) is 0.714. The molecule has 10 heavy (non-hydrogen) atoms. The topological polar surface area (TPSA) is 34.1 Å². The van der Waals surface area contributed by atoms with Crippen LogP contribution in [0, 0.1) is 5.92 Å². The third kappa shape index (κ3) is 4.63. The van der Waals surface area contributed by atoms with Crippen LogP contribution in [0.1, 0.15) is 19.8 Å². The number of carbonyl (C=O) groups is 2. The molecule has 0 fully saturated rings. The van der Waals surface area contributed by atoms with E-state index in [1.54, 1.807) is 0 Å². The van der Waals surface area contributed by atoms with E-state index in [2.05, 4.69) is 9.24 Å². The summed E-state index contributed by atoms with van der Waals surface area (Å²) in [6, 6.07) is 0. The highest BCUT2D eigenvalue weighted by atomic mass is 31.0. The molecule has 58 valence electrons. The van der Waals surface area contributed by atoms with Gasteiger partial charge >= 0.3 is 0 Å². The van der Waals surface area contributed by atoms with Crippen LogP contribution < -0.4 is 0 Å². The SMILES string of the molecule is CC(=O)CC(C=O)CCP. The van der Waals surface area contributed by atoms with Crippen LogP contribution in [0.3, 0.4) is 0 Å². The lowest BCUT2D eigenvalue weighted by Crippen LogP contribution is -2.07. The van der Waals surface area contributed by atoms with E-state index in [0.29, 0.717) is 6.42 Å². The van der Waals surface area contributed by atoms with Crippen LogP contribution in [0.4, 0.5) is 0 Å². The molecule has 0 heterocycles. The van der Waals surface area contributed by atoms with Gasteiger partial charge in [-0.15, -0.1) is 9.24 Å². The van der Waals surface area contributed by atoms with Crippen molar-refractivity contribution in [2.75, 3.05) is 6.16 Å². The number of hydrogen-bond acceptors (Lipinski definition) is 2. The minimum absolute atomic E-state index is 0.0602. The highest BCUT2D eigenvalue weighted by Gasteiger charge is 2.07. The molecule has 2 atom stereocenters. The van der Waals surface area contributed by atoms with Crippen LogP contribution in [-0.4, -0.2) is 18.2 Å². The van der Waals surface area contributed by atoms with Gasteiger partial charge in [0.25, 0.3) is 0 Å². The third-order valence-corrected chi connectivity index (χ3v) is 1.61. The highest BCUT2D eigenvalue weighted by molar-refractivity contribution is 7.16. The minimum atomic E-state index is -0.0602. The Balaban J connectivity index is 3.59. The Bertz CT molecular complexity index is 123. The van der Waals surface area contributed by atoms with Crippen LogP contribution in [0.2, 0.25) is 0 Å². The molecule has 0 saturated heterocycles. The molecule has 0 N–H and O–H groups in total. The van der Waals surface area contributed by atoms with Gasteiger partial charge in [0.2, 0.25) is 0 Å². The second-order valence-electron chi connectivity index (χ2n) is 2.38. The summed E-state index contributed by atoms with van der Waals surface area (Å²) in [5, 5.41) is 0. The van der Waals surface area contributed by atoms with Gasteiger partial charge in [-0.1, -0.05) is 0 Å². The normalized spacial score (nSPS) is 12.6. The molecule has 0 aromatic heterocycles. The Kier molecular flexibility index (Phi) is 5.42. The first kappa shape index (κ1) is 9.77. The van der Waals surface area contributed by atoms with Crippen LogP contribution in [0.25, 0.3) is 0 Å². The van der Waals surface area contributed by atoms with E-state index in [1.165, 1.54) is 6.92 Å². The van der Waals surface area contributed by atoms with Gasteiger partial charge < -0.3 is 9.59 Å². The van der Waals surface area contributed by atoms with Crippen molar-refractivity contribution in [2.24, 2.45) is 5.92 Å². The number of hydrogen-bond donors (Lipinski definition) is 0. The first-order valence-electron chi connectivity index (χ1n) is 3.35. The molecule has 2 unspecified atom stereocenters. The number of rotatable bonds is 5. The Labute approximate surface area is 63.6 Å². The van der Waals surface area contributed by atoms with Gasteiger partial charge in [-0.05, 0) is 19.5 Å². The summed E-state index contributed by atoms with van der Waals surface area (Å²) in [7, 11) is 2.54. The average molecular weight is 160 g/mol. The molecule has 3 heteroatoms. The quantitative estimate of drug-likeness (QED) is 0.445. The van der Waals surface area contributed by atoms with Crippen LogP contribution in [0.5, 0.6) is 0 Å². The summed E-state index contributed by atoms with van der Waals surface area (Å²) in [6.07, 6.45) is 2.95. The maximum atomic E-state index is 10.5. The number of ketones is 1. The fourth-order valence-corrected chi connectivity index (χ4v) is 1.23. The summed E-state index contributed by atoms with van der Waals surface area (Å²) in [6.45, 7) is 1.51. The van der Waals surface area contributed by atoms with Crippen molar-refractivity contribution in [3.8, 4) is 0 Å². The van der Waals surface area contributed by atoms with Gasteiger partial charge in [-0.3, -0.25) is 0 Å². The second kappa shape index (κ2) is 5.55. The molecule has 0 radical (unpaired) electrons. The first-order chi connectivity index (χ1) is 4.70. The lowest BCUT2D eigenvalue weighted by atomic mass is 10.0. The summed E-state index contributed by atoms with van der Waals surface area (Å²) in [4.78, 5) is 20.8. The van der Waals surface area contributed by atoms with Gasteiger partial charge in [0.1, 0.15) is 12.1 Å². The van der Waals surface area contributed by atoms with Crippen LogP contribution in [0.15, 0.2) is 0 Å². The monoisotopic (exact) mass is 160 g/mol. The van der Waals surface area contributed by atoms with Crippen LogP contribution in [-0.2, 0) is 9.59 Å². The maximum absolute atomic E-state index is 10.5. The molecule has 0 aromatic carbocycles. The molecule has 0 bridgehead atoms. The number of Topliss-reactive ketones (excluding diaryl/α,β-unsaturated/α-hetero) is 1. The van der Waals surface area contributed by atoms with Crippen molar-refractivity contribution in [3.05, 3.63) is 0 Å². The standard InChI is InChI=1S/C7H13O2P/c1-6(9)4-7(5-8)2-3-10/h5,7H,2-4,10H2,1H3. The van der Waals surface area contributed by atoms with Crippen molar-refractivity contribution < 1.29 is 9.59 Å². The number of carbonyl (C=O) groups excluding carboxylic acids is 2. The minimum Gasteiger partial charge on any atom is -0.303 e. The Morgan fingerprint density at radius 3 is 2.60 bits per heavy atom. The van der Waals surface area contributed by atoms with E-state index >= 15 is 0 Å². The van der Waals surface area contributed by atoms with Crippen molar-refractivity contribution >= 4 is 21.3 Å². The lowest BCUT2D eigenvalue weighted by Gasteiger charge is -2.03. The fourth-order valence-electron chi connectivity index (χ4n) is 0.802. The van der Waals surface area contributed by atoms with E-state index in [-0.39, 0.29) is 11.7 Å². The molecule has 2 nitrogen and oxygen atoms in total. The molecule has 0 aliphatic carbocycles. The highest BCUT2D eigenvalue weighted by Crippen LogP contribution is 2.07. The zero-order valence-corrected chi connectivity index (χ0v) is 7.32. The second-order valence-corrected chi connectivity index (χ2v) is 2.96. The smallest absolute Gasteiger partial charge is 0.130 e. The summed E-state index contributed by atoms with van der Waals surface area (Å²) >= 11 is 0. The molecule has 0 amide bonds. The van der Waals surface area contributed by atoms with E-state index < -0.39 is 0 Å². The van der Waals surface area contributed by atoms with Gasteiger partial charge in [-0.2, -0.15) is 0 Å². The Morgan fingerprint density at radius 2 is 2.30 bits per heavy atom. The van der Waals surface area contributed by atoms with Crippen LogP contribution >= 0.6 is 9.24 Å². The zero-order valence-electron chi connectivity index (χ0n) is 6.17. The van der Waals surface area contributed by atoms with Crippen molar-refractivity contribution in [1.29, 1.82) is 0 Å². The van der Waals surface area contributed by atoms with E-state index in [4.69, 9.17) is 0 Å². The maximum Gasteiger partial charge on any atom is 0.130 e. The third-order valence-electron chi connectivity index (χ3n) is 1.28. The average Bonchev–Trinajstić information content (AvgIpc) is 1.86. The van der Waals surface area contributed by atoms with E-state index in [9.17, 15) is 9.59 Å². The predicted molar refractivity (Wildman–Crippen MR) is 44.0 cm³/mol. The lowest BCUT2D eigenvalue weighted by molar-refractivity contribution is -0.121. The van der Waals surface area contributed by atoms with Gasteiger partial charge in [0.15, 0.2) is 0 Å². The first-order valence-corrected chi connectivity index (χ1v) is 4.17. The number of aldehydes is 1. The molecule has 0 aromatic rings. The Hall–Kier alpha value is -0.230. The largest absolute Gasteiger partial charge is 0.303 e. The van der Waals surface area contributed by atoms with Crippen molar-refractivity contribution in [1.82, 2.24) is 0 Å². The summed E-state index contributed by atoms with van der Waals surface area (Å²) in [5.41, 5.74) is 0. The molecule has 0 aliphatic heterocycles. The predicted octanol–water partition coefficient (Wildman–Crippen LogP) is 1.05. The molecule has 0 spiro atoms. The Morgan fingerprint density at radius 1 is 1.70 bits per heavy atom. The van der Waals surface area contributed by atoms with E-state index in [0.717, 1.165) is 18.9 Å². The van der Waals surface area contributed by atoms with Gasteiger partial charge in [0, 0.05) is 12.3 Å². The molecular formula is C7H13O2P. The molecular weight excluding hydrogens is 147 g/mol.